The van der Waals surface area contributed by atoms with Crippen molar-refractivity contribution in [2.75, 3.05) is 19.6 Å². The van der Waals surface area contributed by atoms with Crippen molar-refractivity contribution in [1.82, 2.24) is 20.2 Å². The first-order valence-electron chi connectivity index (χ1n) is 9.20. The number of hydrogen-bond acceptors (Lipinski definition) is 4. The molecule has 3 rings (SSSR count). The summed E-state index contributed by atoms with van der Waals surface area (Å²) in [4.78, 5) is 11.0. The summed E-state index contributed by atoms with van der Waals surface area (Å²) in [6, 6.07) is 0.560. The van der Waals surface area contributed by atoms with Crippen LogP contribution in [-0.4, -0.2) is 40.5 Å². The van der Waals surface area contributed by atoms with Gasteiger partial charge in [-0.1, -0.05) is 29.9 Å². The Morgan fingerprint density at radius 3 is 2.50 bits per heavy atom. The number of rotatable bonds is 4. The Hall–Kier alpha value is -1.15. The summed E-state index contributed by atoms with van der Waals surface area (Å²) in [6.07, 6.45) is 12.2. The molecule has 1 saturated carbocycles. The monoisotopic (exact) mass is 346 g/mol. The van der Waals surface area contributed by atoms with E-state index in [1.165, 1.54) is 58.0 Å². The molecule has 0 spiro atoms. The van der Waals surface area contributed by atoms with Gasteiger partial charge < -0.3 is 5.32 Å². The molecule has 0 amide bonds. The highest BCUT2D eigenvalue weighted by molar-refractivity contribution is 6.30. The summed E-state index contributed by atoms with van der Waals surface area (Å²) < 4.78 is 0. The third kappa shape index (κ3) is 5.73. The molecule has 0 bridgehead atoms. The average molecular weight is 347 g/mol. The minimum absolute atomic E-state index is 0.560. The van der Waals surface area contributed by atoms with Gasteiger partial charge in [-0.05, 0) is 51.6 Å². The maximum Gasteiger partial charge on any atom is 0.142 e. The lowest BCUT2D eigenvalue weighted by Crippen LogP contribution is -2.33. The first kappa shape index (κ1) is 17.7. The van der Waals surface area contributed by atoms with Gasteiger partial charge in [0.05, 0.1) is 18.1 Å². The Labute approximate surface area is 150 Å². The molecule has 1 aromatic rings. The Morgan fingerprint density at radius 1 is 1.08 bits per heavy atom. The smallest absolute Gasteiger partial charge is 0.142 e. The molecule has 1 aliphatic heterocycles. The number of hydrogen-bond donors (Lipinski definition) is 1. The van der Waals surface area contributed by atoms with E-state index in [2.05, 4.69) is 32.0 Å². The third-order valence-corrected chi connectivity index (χ3v) is 5.20. The highest BCUT2D eigenvalue weighted by Crippen LogP contribution is 2.23. The van der Waals surface area contributed by atoms with E-state index in [-0.39, 0.29) is 0 Å². The van der Waals surface area contributed by atoms with E-state index in [9.17, 15) is 0 Å². The molecule has 2 fully saturated rings. The van der Waals surface area contributed by atoms with Gasteiger partial charge in [-0.25, -0.2) is 9.97 Å². The van der Waals surface area contributed by atoms with Crippen molar-refractivity contribution in [3.8, 4) is 11.8 Å². The van der Waals surface area contributed by atoms with Crippen LogP contribution in [-0.2, 0) is 6.54 Å². The molecule has 4 nitrogen and oxygen atoms in total. The zero-order valence-electron chi connectivity index (χ0n) is 14.3. The first-order chi connectivity index (χ1) is 11.8. The lowest BCUT2D eigenvalue weighted by molar-refractivity contribution is 0.255. The number of aromatic nitrogens is 2. The van der Waals surface area contributed by atoms with Crippen molar-refractivity contribution < 1.29 is 0 Å². The fourth-order valence-electron chi connectivity index (χ4n) is 3.53. The van der Waals surface area contributed by atoms with Crippen LogP contribution in [0.15, 0.2) is 12.4 Å². The zero-order chi connectivity index (χ0) is 16.6. The Kier molecular flexibility index (Phi) is 6.89. The molecule has 1 aromatic heterocycles. The molecule has 0 radical (unpaired) electrons. The largest absolute Gasteiger partial charge is 0.307 e. The van der Waals surface area contributed by atoms with Gasteiger partial charge in [-0.2, -0.15) is 0 Å². The average Bonchev–Trinajstić information content (AvgIpc) is 2.63. The van der Waals surface area contributed by atoms with Crippen LogP contribution >= 0.6 is 11.6 Å². The van der Waals surface area contributed by atoms with E-state index in [1.807, 2.05) is 0 Å². The SMILES string of the molecule is Clc1cnc(CNC2CCC(C#CCN3CCCCC3)CC2)nc1. The molecule has 130 valence electrons. The predicted molar refractivity (Wildman–Crippen MR) is 97.7 cm³/mol. The quantitative estimate of drug-likeness (QED) is 0.849. The molecule has 0 atom stereocenters. The highest BCUT2D eigenvalue weighted by Gasteiger charge is 2.19. The van der Waals surface area contributed by atoms with Crippen LogP contribution in [0, 0.1) is 17.8 Å². The number of piperidine rings is 1. The molecular weight excluding hydrogens is 320 g/mol. The van der Waals surface area contributed by atoms with Gasteiger partial charge in [0, 0.05) is 24.4 Å². The molecule has 0 unspecified atom stereocenters. The van der Waals surface area contributed by atoms with Crippen molar-refractivity contribution >= 4 is 11.6 Å². The fraction of sp³-hybridized carbons (Fsp3) is 0.684. The van der Waals surface area contributed by atoms with Crippen molar-refractivity contribution in [1.29, 1.82) is 0 Å². The van der Waals surface area contributed by atoms with Crippen LogP contribution < -0.4 is 5.32 Å². The Morgan fingerprint density at radius 2 is 1.79 bits per heavy atom. The predicted octanol–water partition coefficient (Wildman–Crippen LogP) is 3.27. The molecule has 2 aliphatic rings. The standard InChI is InChI=1S/C19H27ClN4/c20-17-13-22-19(23-14-17)15-21-18-8-6-16(7-9-18)5-4-12-24-10-2-1-3-11-24/h13-14,16,18,21H,1-3,6-12,15H2. The molecule has 1 saturated heterocycles. The number of likely N-dealkylation sites (tertiary alicyclic amines) is 1. The van der Waals surface area contributed by atoms with Crippen molar-refractivity contribution in [2.45, 2.75) is 57.5 Å². The van der Waals surface area contributed by atoms with Gasteiger partial charge in [0.25, 0.3) is 0 Å². The first-order valence-corrected chi connectivity index (χ1v) is 9.58. The summed E-state index contributed by atoms with van der Waals surface area (Å²) in [6.45, 7) is 4.15. The van der Waals surface area contributed by atoms with Crippen LogP contribution in [0.3, 0.4) is 0 Å². The summed E-state index contributed by atoms with van der Waals surface area (Å²) in [5.74, 6) is 8.33. The van der Waals surface area contributed by atoms with Gasteiger partial charge >= 0.3 is 0 Å². The van der Waals surface area contributed by atoms with E-state index in [0.29, 0.717) is 23.5 Å². The summed E-state index contributed by atoms with van der Waals surface area (Å²) in [7, 11) is 0. The molecule has 0 aromatic carbocycles. The van der Waals surface area contributed by atoms with Gasteiger partial charge in [0.2, 0.25) is 0 Å². The van der Waals surface area contributed by atoms with E-state index in [0.717, 1.165) is 12.4 Å². The molecular formula is C19H27ClN4. The normalized spacial score (nSPS) is 25.0. The van der Waals surface area contributed by atoms with Crippen molar-refractivity contribution in [2.24, 2.45) is 5.92 Å². The summed E-state index contributed by atoms with van der Waals surface area (Å²) >= 11 is 5.81. The third-order valence-electron chi connectivity index (χ3n) is 5.01. The molecule has 5 heteroatoms. The fourth-order valence-corrected chi connectivity index (χ4v) is 3.62. The van der Waals surface area contributed by atoms with E-state index in [4.69, 9.17) is 11.6 Å². The second kappa shape index (κ2) is 9.36. The molecule has 24 heavy (non-hydrogen) atoms. The van der Waals surface area contributed by atoms with Crippen LogP contribution in [0.4, 0.5) is 0 Å². The van der Waals surface area contributed by atoms with Gasteiger partial charge in [0.15, 0.2) is 0 Å². The maximum atomic E-state index is 5.81. The van der Waals surface area contributed by atoms with Crippen molar-refractivity contribution in [3.63, 3.8) is 0 Å². The van der Waals surface area contributed by atoms with E-state index >= 15 is 0 Å². The minimum Gasteiger partial charge on any atom is -0.307 e. The lowest BCUT2D eigenvalue weighted by atomic mass is 9.86. The van der Waals surface area contributed by atoms with Crippen molar-refractivity contribution in [3.05, 3.63) is 23.2 Å². The number of nitrogens with zero attached hydrogens (tertiary/aromatic N) is 3. The van der Waals surface area contributed by atoms with Crippen LogP contribution in [0.5, 0.6) is 0 Å². The summed E-state index contributed by atoms with van der Waals surface area (Å²) in [5, 5.41) is 4.15. The van der Waals surface area contributed by atoms with Gasteiger partial charge in [-0.3, -0.25) is 4.90 Å². The topological polar surface area (TPSA) is 41.1 Å². The maximum absolute atomic E-state index is 5.81. The lowest BCUT2D eigenvalue weighted by Gasteiger charge is -2.26. The second-order valence-corrected chi connectivity index (χ2v) is 7.34. The number of nitrogens with one attached hydrogen (secondary N) is 1. The Bertz CT molecular complexity index is 549. The van der Waals surface area contributed by atoms with E-state index in [1.54, 1.807) is 12.4 Å². The van der Waals surface area contributed by atoms with Crippen LogP contribution in [0.25, 0.3) is 0 Å². The van der Waals surface area contributed by atoms with Crippen LogP contribution in [0.1, 0.15) is 50.8 Å². The zero-order valence-corrected chi connectivity index (χ0v) is 15.1. The van der Waals surface area contributed by atoms with Crippen LogP contribution in [0.2, 0.25) is 5.02 Å². The highest BCUT2D eigenvalue weighted by atomic mass is 35.5. The number of halogens is 1. The van der Waals surface area contributed by atoms with Gasteiger partial charge in [-0.15, -0.1) is 0 Å². The van der Waals surface area contributed by atoms with E-state index < -0.39 is 0 Å². The summed E-state index contributed by atoms with van der Waals surface area (Å²) in [5.41, 5.74) is 0. The molecule has 2 heterocycles. The second-order valence-electron chi connectivity index (χ2n) is 6.90. The van der Waals surface area contributed by atoms with Gasteiger partial charge in [0.1, 0.15) is 5.82 Å². The molecule has 1 aliphatic carbocycles. The Balaban J connectivity index is 1.34. The molecule has 1 N–H and O–H groups in total. The minimum atomic E-state index is 0.560.